The second kappa shape index (κ2) is 68.2. The second-order valence-corrected chi connectivity index (χ2v) is 30.4. The molecular weight excluding hydrogens is 1230 g/mol. The van der Waals surface area contributed by atoms with E-state index in [0.29, 0.717) is 31.6 Å². The molecule has 0 bridgehead atoms. The summed E-state index contributed by atoms with van der Waals surface area (Å²) in [6.45, 7) is 7.20. The Kier molecular flexibility index (Phi) is 66.8. The minimum absolute atomic E-state index is 0.104. The summed E-state index contributed by atoms with van der Waals surface area (Å²) in [6, 6.07) is 0. The molecule has 0 amide bonds. The lowest BCUT2D eigenvalue weighted by atomic mass is 10.0. The zero-order chi connectivity index (χ0) is 69.1. The first kappa shape index (κ1) is 92.1. The highest BCUT2D eigenvalue weighted by molar-refractivity contribution is 7.47. The number of hydrogen-bond acceptors (Lipinski definition) is 15. The number of unbranched alkanes of at least 4 members (excludes halogenated alkanes) is 47. The lowest BCUT2D eigenvalue weighted by molar-refractivity contribution is -0.161. The van der Waals surface area contributed by atoms with E-state index in [9.17, 15) is 43.2 Å². The van der Waals surface area contributed by atoms with E-state index in [4.69, 9.17) is 37.0 Å². The van der Waals surface area contributed by atoms with Crippen LogP contribution in [0.5, 0.6) is 0 Å². The fraction of sp³-hybridized carbons (Fsp3) is 0.947. The van der Waals surface area contributed by atoms with E-state index in [1.807, 2.05) is 0 Å². The molecule has 0 fully saturated rings. The van der Waals surface area contributed by atoms with Crippen LogP contribution in [-0.4, -0.2) is 96.7 Å². The van der Waals surface area contributed by atoms with Gasteiger partial charge in [0.05, 0.1) is 26.4 Å². The zero-order valence-corrected chi connectivity index (χ0v) is 62.9. The highest BCUT2D eigenvalue weighted by Gasteiger charge is 2.30. The molecule has 0 aromatic carbocycles. The number of phosphoric acid groups is 2. The van der Waals surface area contributed by atoms with Gasteiger partial charge in [-0.3, -0.25) is 37.3 Å². The van der Waals surface area contributed by atoms with Crippen LogP contribution in [0.3, 0.4) is 0 Å². The highest BCUT2D eigenvalue weighted by Crippen LogP contribution is 2.45. The third kappa shape index (κ3) is 68.6. The normalized spacial score (nSPS) is 14.0. The van der Waals surface area contributed by atoms with Gasteiger partial charge in [-0.2, -0.15) is 0 Å². The summed E-state index contributed by atoms with van der Waals surface area (Å²) in [6.07, 6.45) is 57.1. The topological polar surface area (TPSA) is 237 Å². The van der Waals surface area contributed by atoms with E-state index in [-0.39, 0.29) is 25.7 Å². The molecule has 0 saturated carbocycles. The van der Waals surface area contributed by atoms with Gasteiger partial charge in [0.15, 0.2) is 12.2 Å². The van der Waals surface area contributed by atoms with Gasteiger partial charge >= 0.3 is 39.5 Å². The molecule has 558 valence electrons. The van der Waals surface area contributed by atoms with E-state index < -0.39 is 97.5 Å². The average Bonchev–Trinajstić information content (AvgIpc) is 1.98. The first-order valence-electron chi connectivity index (χ1n) is 39.1. The molecule has 0 aliphatic carbocycles. The van der Waals surface area contributed by atoms with E-state index in [1.54, 1.807) is 0 Å². The number of carbonyl (C=O) groups excluding carboxylic acids is 4. The van der Waals surface area contributed by atoms with Gasteiger partial charge in [0.2, 0.25) is 0 Å². The van der Waals surface area contributed by atoms with Crippen molar-refractivity contribution in [1.82, 2.24) is 0 Å². The smallest absolute Gasteiger partial charge is 0.462 e. The molecule has 0 radical (unpaired) electrons. The number of ether oxygens (including phenoxy) is 4. The molecule has 0 saturated heterocycles. The van der Waals surface area contributed by atoms with Crippen molar-refractivity contribution >= 4 is 39.5 Å². The summed E-state index contributed by atoms with van der Waals surface area (Å²) in [7, 11) is -9.90. The van der Waals surface area contributed by atoms with Gasteiger partial charge in [-0.25, -0.2) is 9.13 Å². The van der Waals surface area contributed by atoms with Crippen molar-refractivity contribution in [3.8, 4) is 0 Å². The number of aliphatic hydroxyl groups excluding tert-OH is 1. The van der Waals surface area contributed by atoms with Crippen molar-refractivity contribution in [3.63, 3.8) is 0 Å². The SMILES string of the molecule is CCCCCCCCCCCCCCCCCCCCCCC(=O)O[C@H](COC(=O)CCCCCCCCCCCCCCCCC)COP(=O)(O)OC[C@@H](O)COP(=O)(O)OC[C@@H](COC(=O)CCCCCCCCCCC)OC(=O)CCCCCCCCCC(C)C. The maximum absolute atomic E-state index is 13.1. The number of hydrogen-bond donors (Lipinski definition) is 3. The lowest BCUT2D eigenvalue weighted by Crippen LogP contribution is -2.30. The summed E-state index contributed by atoms with van der Waals surface area (Å²) < 4.78 is 68.4. The van der Waals surface area contributed by atoms with Crippen molar-refractivity contribution in [1.29, 1.82) is 0 Å². The van der Waals surface area contributed by atoms with Crippen molar-refractivity contribution in [2.45, 2.75) is 412 Å². The van der Waals surface area contributed by atoms with Gasteiger partial charge in [-0.1, -0.05) is 343 Å². The van der Waals surface area contributed by atoms with Crippen LogP contribution in [0.25, 0.3) is 0 Å². The first-order chi connectivity index (χ1) is 45.5. The Balaban J connectivity index is 5.19. The van der Waals surface area contributed by atoms with E-state index in [2.05, 4.69) is 34.6 Å². The third-order valence-electron chi connectivity index (χ3n) is 17.5. The van der Waals surface area contributed by atoms with Gasteiger partial charge in [0, 0.05) is 25.7 Å². The van der Waals surface area contributed by atoms with Gasteiger partial charge < -0.3 is 33.8 Å². The van der Waals surface area contributed by atoms with Gasteiger partial charge in [-0.15, -0.1) is 0 Å². The Morgan fingerprint density at radius 1 is 0.287 bits per heavy atom. The number of esters is 4. The zero-order valence-electron chi connectivity index (χ0n) is 61.1. The van der Waals surface area contributed by atoms with Crippen LogP contribution in [0.4, 0.5) is 0 Å². The van der Waals surface area contributed by atoms with E-state index in [1.165, 1.54) is 218 Å². The van der Waals surface area contributed by atoms with Gasteiger partial charge in [-0.05, 0) is 31.6 Å². The standard InChI is InChI=1S/C75H146O17P2/c1-6-9-12-15-18-21-23-25-27-28-29-30-31-33-35-37-40-45-50-55-60-74(79)91-70(64-86-73(78)59-54-49-44-39-36-34-32-26-24-22-19-16-13-10-7-2)66-89-93(81,82)87-62-69(76)63-88-94(83,84)90-67-71(65-85-72(77)58-53-48-43-38-20-17-14-11-8-3)92-75(80)61-56-51-46-41-42-47-52-57-68(4)5/h68-71,76H,6-67H2,1-5H3,(H,81,82)(H,83,84)/t69-,70-,71-/m1/s1. The summed E-state index contributed by atoms with van der Waals surface area (Å²) in [5.74, 6) is -1.42. The summed E-state index contributed by atoms with van der Waals surface area (Å²) >= 11 is 0. The number of aliphatic hydroxyl groups is 1. The summed E-state index contributed by atoms with van der Waals surface area (Å²) in [5.41, 5.74) is 0. The van der Waals surface area contributed by atoms with Crippen LogP contribution >= 0.6 is 15.6 Å². The predicted octanol–water partition coefficient (Wildman–Crippen LogP) is 22.1. The maximum Gasteiger partial charge on any atom is 0.472 e. The Hall–Kier alpha value is -1.94. The van der Waals surface area contributed by atoms with Gasteiger partial charge in [0.1, 0.15) is 19.3 Å². The van der Waals surface area contributed by atoms with Crippen molar-refractivity contribution < 1.29 is 80.2 Å². The fourth-order valence-electron chi connectivity index (χ4n) is 11.5. The van der Waals surface area contributed by atoms with Gasteiger partial charge in [0.25, 0.3) is 0 Å². The molecule has 5 atom stereocenters. The Morgan fingerprint density at radius 3 is 0.723 bits per heavy atom. The quantitative estimate of drug-likeness (QED) is 0.0222. The average molecular weight is 1380 g/mol. The Morgan fingerprint density at radius 2 is 0.489 bits per heavy atom. The minimum Gasteiger partial charge on any atom is -0.462 e. The molecule has 94 heavy (non-hydrogen) atoms. The number of rotatable bonds is 75. The molecule has 0 rings (SSSR count). The molecule has 3 N–H and O–H groups in total. The van der Waals surface area contributed by atoms with Crippen molar-refractivity contribution in [2.24, 2.45) is 5.92 Å². The molecule has 0 spiro atoms. The summed E-state index contributed by atoms with van der Waals surface area (Å²) in [5, 5.41) is 10.6. The maximum atomic E-state index is 13.1. The van der Waals surface area contributed by atoms with Crippen LogP contribution < -0.4 is 0 Å². The second-order valence-electron chi connectivity index (χ2n) is 27.5. The predicted molar refractivity (Wildman–Crippen MR) is 382 cm³/mol. The van der Waals surface area contributed by atoms with Crippen molar-refractivity contribution in [2.75, 3.05) is 39.6 Å². The molecule has 17 nitrogen and oxygen atoms in total. The van der Waals surface area contributed by atoms with E-state index >= 15 is 0 Å². The molecule has 2 unspecified atom stereocenters. The molecule has 19 heteroatoms. The van der Waals surface area contributed by atoms with E-state index in [0.717, 1.165) is 89.9 Å². The largest absolute Gasteiger partial charge is 0.472 e. The Bertz CT molecular complexity index is 1810. The third-order valence-corrected chi connectivity index (χ3v) is 19.4. The van der Waals surface area contributed by atoms with Crippen LogP contribution in [0, 0.1) is 5.92 Å². The number of phosphoric ester groups is 2. The van der Waals surface area contributed by atoms with Crippen LogP contribution in [0.1, 0.15) is 394 Å². The lowest BCUT2D eigenvalue weighted by Gasteiger charge is -2.21. The minimum atomic E-state index is -4.96. The monoisotopic (exact) mass is 1380 g/mol. The summed E-state index contributed by atoms with van der Waals surface area (Å²) in [4.78, 5) is 72.7. The Labute approximate surface area is 575 Å². The first-order valence-corrected chi connectivity index (χ1v) is 42.1. The molecule has 0 aliphatic heterocycles. The number of carbonyl (C=O) groups is 4. The van der Waals surface area contributed by atoms with Crippen LogP contribution in [-0.2, 0) is 65.4 Å². The van der Waals surface area contributed by atoms with Crippen molar-refractivity contribution in [3.05, 3.63) is 0 Å². The molecule has 0 aliphatic rings. The molecular formula is C75H146O17P2. The fourth-order valence-corrected chi connectivity index (χ4v) is 13.1. The molecule has 0 aromatic rings. The molecule has 0 aromatic heterocycles. The van der Waals surface area contributed by atoms with Crippen LogP contribution in [0.15, 0.2) is 0 Å². The molecule has 0 heterocycles. The van der Waals surface area contributed by atoms with Crippen LogP contribution in [0.2, 0.25) is 0 Å². The highest BCUT2D eigenvalue weighted by atomic mass is 31.2.